The Kier molecular flexibility index (Phi) is 8.20. The Balaban J connectivity index is 1.59. The van der Waals surface area contributed by atoms with Gasteiger partial charge in [-0.05, 0) is 67.6 Å². The predicted octanol–water partition coefficient (Wildman–Crippen LogP) is 5.30. The van der Waals surface area contributed by atoms with Crippen LogP contribution in [0.25, 0.3) is 11.3 Å². The minimum atomic E-state index is -0.942. The second-order valence-electron chi connectivity index (χ2n) is 7.22. The summed E-state index contributed by atoms with van der Waals surface area (Å²) in [5.74, 6) is -0.175. The lowest BCUT2D eigenvalue weighted by atomic mass is 10.1. The third kappa shape index (κ3) is 6.15. The summed E-state index contributed by atoms with van der Waals surface area (Å²) in [5.41, 5.74) is 4.47. The molecule has 5 nitrogen and oxygen atoms in total. The molecule has 0 spiro atoms. The van der Waals surface area contributed by atoms with Crippen molar-refractivity contribution in [3.05, 3.63) is 71.9 Å². The van der Waals surface area contributed by atoms with E-state index in [1.807, 2.05) is 24.3 Å². The number of hydrogen-bond donors (Lipinski definition) is 1. The summed E-state index contributed by atoms with van der Waals surface area (Å²) in [6, 6.07) is 20.4. The average molecular weight is 440 g/mol. The number of rotatable bonds is 11. The molecule has 31 heavy (non-hydrogen) atoms. The van der Waals surface area contributed by atoms with Gasteiger partial charge in [-0.25, -0.2) is 4.79 Å². The first kappa shape index (κ1) is 23.0. The molecule has 1 atom stereocenters. The van der Waals surface area contributed by atoms with Crippen molar-refractivity contribution in [2.24, 2.45) is 0 Å². The highest BCUT2D eigenvalue weighted by atomic mass is 32.2. The molecule has 0 radical (unpaired) electrons. The van der Waals surface area contributed by atoms with Gasteiger partial charge in [0.15, 0.2) is 6.10 Å². The van der Waals surface area contributed by atoms with Gasteiger partial charge in [0.05, 0.1) is 6.54 Å². The molecule has 3 rings (SSSR count). The number of ether oxygens (including phenoxy) is 2. The van der Waals surface area contributed by atoms with Crippen molar-refractivity contribution in [1.29, 1.82) is 0 Å². The van der Waals surface area contributed by atoms with Crippen LogP contribution in [0.4, 0.5) is 0 Å². The summed E-state index contributed by atoms with van der Waals surface area (Å²) in [6.45, 7) is 5.56. The van der Waals surface area contributed by atoms with Gasteiger partial charge in [-0.3, -0.25) is 0 Å². The monoisotopic (exact) mass is 439 g/mol. The first-order valence-electron chi connectivity index (χ1n) is 10.4. The molecule has 1 aromatic heterocycles. The minimum absolute atomic E-state index is 0.338. The quantitative estimate of drug-likeness (QED) is 0.411. The number of carboxylic acid groups (broad SMARTS) is 1. The van der Waals surface area contributed by atoms with Gasteiger partial charge in [0.25, 0.3) is 0 Å². The molecule has 6 heteroatoms. The first-order chi connectivity index (χ1) is 15.0. The normalized spacial score (nSPS) is 12.0. The molecule has 0 saturated carbocycles. The van der Waals surface area contributed by atoms with Crippen LogP contribution in [0.15, 0.2) is 65.6 Å². The van der Waals surface area contributed by atoms with E-state index < -0.39 is 12.1 Å². The van der Waals surface area contributed by atoms with Crippen molar-refractivity contribution in [2.45, 2.75) is 37.8 Å². The van der Waals surface area contributed by atoms with Crippen LogP contribution in [-0.4, -0.2) is 41.2 Å². The SMILES string of the molecule is CCOC(Cc1ccc(OCCn2c(C)ccc2-c2ccc(SC)cc2)cc1)C(=O)O. The third-order valence-electron chi connectivity index (χ3n) is 5.16. The van der Waals surface area contributed by atoms with Crippen LogP contribution in [-0.2, 0) is 22.5 Å². The number of aromatic nitrogens is 1. The fourth-order valence-electron chi connectivity index (χ4n) is 3.49. The minimum Gasteiger partial charge on any atom is -0.492 e. The molecule has 0 amide bonds. The Hall–Kier alpha value is -2.70. The van der Waals surface area contributed by atoms with Gasteiger partial charge in [0, 0.05) is 29.3 Å². The van der Waals surface area contributed by atoms with E-state index in [9.17, 15) is 9.90 Å². The van der Waals surface area contributed by atoms with Crippen molar-refractivity contribution < 1.29 is 19.4 Å². The number of carboxylic acids is 1. The molecule has 0 fully saturated rings. The molecule has 1 unspecified atom stereocenters. The highest BCUT2D eigenvalue weighted by Gasteiger charge is 2.17. The van der Waals surface area contributed by atoms with Crippen LogP contribution in [0.1, 0.15) is 18.2 Å². The highest BCUT2D eigenvalue weighted by Crippen LogP contribution is 2.25. The lowest BCUT2D eigenvalue weighted by Gasteiger charge is -2.14. The van der Waals surface area contributed by atoms with E-state index in [2.05, 4.69) is 54.1 Å². The smallest absolute Gasteiger partial charge is 0.333 e. The topological polar surface area (TPSA) is 60.7 Å². The van der Waals surface area contributed by atoms with Crippen LogP contribution in [0.3, 0.4) is 0 Å². The third-order valence-corrected chi connectivity index (χ3v) is 5.90. The van der Waals surface area contributed by atoms with Crippen LogP contribution in [0.2, 0.25) is 0 Å². The van der Waals surface area contributed by atoms with Gasteiger partial charge in [0.2, 0.25) is 0 Å². The zero-order valence-corrected chi connectivity index (χ0v) is 19.0. The van der Waals surface area contributed by atoms with Crippen molar-refractivity contribution in [3.63, 3.8) is 0 Å². The lowest BCUT2D eigenvalue weighted by Crippen LogP contribution is -2.26. The summed E-state index contributed by atoms with van der Waals surface area (Å²) in [4.78, 5) is 12.5. The number of thioether (sulfide) groups is 1. The molecular weight excluding hydrogens is 410 g/mol. The van der Waals surface area contributed by atoms with Gasteiger partial charge >= 0.3 is 5.97 Å². The molecular formula is C25H29NO4S. The highest BCUT2D eigenvalue weighted by molar-refractivity contribution is 7.98. The van der Waals surface area contributed by atoms with E-state index in [1.165, 1.54) is 21.8 Å². The first-order valence-corrected chi connectivity index (χ1v) is 11.6. The maximum absolute atomic E-state index is 11.3. The maximum Gasteiger partial charge on any atom is 0.333 e. The summed E-state index contributed by atoms with van der Waals surface area (Å²) >= 11 is 1.74. The van der Waals surface area contributed by atoms with Crippen LogP contribution < -0.4 is 4.74 Å². The molecule has 1 heterocycles. The van der Waals surface area contributed by atoms with E-state index in [0.29, 0.717) is 19.6 Å². The number of nitrogens with zero attached hydrogens (tertiary/aromatic N) is 1. The van der Waals surface area contributed by atoms with Gasteiger partial charge in [-0.15, -0.1) is 11.8 Å². The summed E-state index contributed by atoms with van der Waals surface area (Å²) in [7, 11) is 0. The van der Waals surface area contributed by atoms with Crippen molar-refractivity contribution in [2.75, 3.05) is 19.5 Å². The van der Waals surface area contributed by atoms with Crippen molar-refractivity contribution >= 4 is 17.7 Å². The van der Waals surface area contributed by atoms with Crippen LogP contribution >= 0.6 is 11.8 Å². The number of aryl methyl sites for hydroxylation is 1. The molecule has 164 valence electrons. The van der Waals surface area contributed by atoms with Gasteiger partial charge in [-0.2, -0.15) is 0 Å². The lowest BCUT2D eigenvalue weighted by molar-refractivity contribution is -0.149. The molecule has 2 aromatic carbocycles. The Morgan fingerprint density at radius 2 is 1.77 bits per heavy atom. The predicted molar refractivity (Wildman–Crippen MR) is 125 cm³/mol. The van der Waals surface area contributed by atoms with Gasteiger partial charge in [-0.1, -0.05) is 24.3 Å². The van der Waals surface area contributed by atoms with E-state index in [-0.39, 0.29) is 0 Å². The van der Waals surface area contributed by atoms with Crippen molar-refractivity contribution in [3.8, 4) is 17.0 Å². The Bertz CT molecular complexity index is 980. The summed E-state index contributed by atoms with van der Waals surface area (Å²) < 4.78 is 13.5. The molecule has 0 aliphatic carbocycles. The van der Waals surface area contributed by atoms with E-state index in [1.54, 1.807) is 18.7 Å². The van der Waals surface area contributed by atoms with E-state index in [4.69, 9.17) is 9.47 Å². The maximum atomic E-state index is 11.3. The van der Waals surface area contributed by atoms with E-state index in [0.717, 1.165) is 17.9 Å². The fourth-order valence-corrected chi connectivity index (χ4v) is 3.90. The van der Waals surface area contributed by atoms with E-state index >= 15 is 0 Å². The second kappa shape index (κ2) is 11.1. The number of carbonyl (C=O) groups is 1. The molecule has 0 bridgehead atoms. The number of aliphatic carboxylic acids is 1. The average Bonchev–Trinajstić information content (AvgIpc) is 3.15. The molecule has 1 N–H and O–H groups in total. The Morgan fingerprint density at radius 3 is 2.39 bits per heavy atom. The Morgan fingerprint density at radius 1 is 1.06 bits per heavy atom. The fraction of sp³-hybridized carbons (Fsp3) is 0.320. The van der Waals surface area contributed by atoms with Gasteiger partial charge < -0.3 is 19.1 Å². The second-order valence-corrected chi connectivity index (χ2v) is 8.10. The van der Waals surface area contributed by atoms with Crippen LogP contribution in [0, 0.1) is 6.92 Å². The largest absolute Gasteiger partial charge is 0.492 e. The zero-order chi connectivity index (χ0) is 22.2. The van der Waals surface area contributed by atoms with Gasteiger partial charge in [0.1, 0.15) is 12.4 Å². The Labute approximate surface area is 188 Å². The van der Waals surface area contributed by atoms with Crippen LogP contribution in [0.5, 0.6) is 5.75 Å². The zero-order valence-electron chi connectivity index (χ0n) is 18.2. The standard InChI is InChI=1S/C25H29NO4S/c1-4-29-24(25(27)28)17-19-6-10-21(11-7-19)30-16-15-26-18(2)5-14-23(26)20-8-12-22(31-3)13-9-20/h5-14,24H,4,15-17H2,1-3H3,(H,27,28). The molecule has 0 aliphatic rings. The molecule has 3 aromatic rings. The summed E-state index contributed by atoms with van der Waals surface area (Å²) in [6.07, 6.45) is 1.59. The summed E-state index contributed by atoms with van der Waals surface area (Å²) in [5, 5.41) is 9.23. The number of benzene rings is 2. The van der Waals surface area contributed by atoms with Crippen molar-refractivity contribution in [1.82, 2.24) is 4.57 Å². The molecule has 0 saturated heterocycles. The number of hydrogen-bond acceptors (Lipinski definition) is 4. The molecule has 0 aliphatic heterocycles.